The maximum absolute atomic E-state index is 12.6. The Morgan fingerprint density at radius 3 is 2.39 bits per heavy atom. The van der Waals surface area contributed by atoms with Gasteiger partial charge in [0.25, 0.3) is 0 Å². The van der Waals surface area contributed by atoms with Crippen LogP contribution in [0, 0.1) is 0 Å². The van der Waals surface area contributed by atoms with Crippen LogP contribution in [0.2, 0.25) is 5.02 Å². The van der Waals surface area contributed by atoms with Crippen LogP contribution in [0.25, 0.3) is 0 Å². The van der Waals surface area contributed by atoms with E-state index in [0.717, 1.165) is 0 Å². The van der Waals surface area contributed by atoms with Crippen molar-refractivity contribution in [3.63, 3.8) is 0 Å². The van der Waals surface area contributed by atoms with Gasteiger partial charge in [0.15, 0.2) is 6.10 Å². The lowest BCUT2D eigenvalue weighted by molar-refractivity contribution is 0.00883. The highest BCUT2D eigenvalue weighted by atomic mass is 35.5. The number of rotatable bonds is 6. The number of halogens is 1. The molecule has 2 N–H and O–H groups in total. The number of amides is 1. The number of anilines is 1. The first-order valence-electron chi connectivity index (χ1n) is 9.48. The molecule has 0 bridgehead atoms. The lowest BCUT2D eigenvalue weighted by atomic mass is 10.1. The molecule has 2 fully saturated rings. The molecular formula is C20H21ClN2O7S. The molecule has 2 aromatic rings. The number of fused-ring (bicyclic) bond motifs is 1. The normalized spacial score (nSPS) is 25.1. The number of ether oxygens (including phenoxy) is 4. The highest BCUT2D eigenvalue weighted by Gasteiger charge is 2.50. The second kappa shape index (κ2) is 9.01. The Morgan fingerprint density at radius 1 is 1.03 bits per heavy atom. The first-order chi connectivity index (χ1) is 14.9. The molecule has 0 spiro atoms. The molecule has 4 unspecified atom stereocenters. The van der Waals surface area contributed by atoms with E-state index in [-0.39, 0.29) is 18.1 Å². The van der Waals surface area contributed by atoms with E-state index in [4.69, 9.17) is 30.5 Å². The summed E-state index contributed by atoms with van der Waals surface area (Å²) in [6.07, 6.45) is -2.46. The molecule has 2 aromatic carbocycles. The van der Waals surface area contributed by atoms with Gasteiger partial charge < -0.3 is 18.9 Å². The minimum Gasteiger partial charge on any atom is -0.497 e. The van der Waals surface area contributed by atoms with E-state index in [1.54, 1.807) is 31.4 Å². The molecule has 1 amide bonds. The zero-order chi connectivity index (χ0) is 22.0. The third-order valence-electron chi connectivity index (χ3n) is 5.03. The van der Waals surface area contributed by atoms with Crippen LogP contribution in [0.5, 0.6) is 5.75 Å². The zero-order valence-electron chi connectivity index (χ0n) is 16.5. The zero-order valence-corrected chi connectivity index (χ0v) is 18.1. The molecule has 2 saturated heterocycles. The maximum Gasteiger partial charge on any atom is 0.412 e. The summed E-state index contributed by atoms with van der Waals surface area (Å²) in [7, 11) is -2.23. The summed E-state index contributed by atoms with van der Waals surface area (Å²) in [5.41, 5.74) is 0.544. The topological polar surface area (TPSA) is 112 Å². The molecule has 2 heterocycles. The number of hydrogen-bond acceptors (Lipinski definition) is 7. The maximum atomic E-state index is 12.6. The molecule has 0 aliphatic carbocycles. The van der Waals surface area contributed by atoms with E-state index in [1.165, 1.54) is 24.3 Å². The molecule has 11 heteroatoms. The fraction of sp³-hybridized carbons (Fsp3) is 0.350. The molecule has 0 radical (unpaired) electrons. The highest BCUT2D eigenvalue weighted by Crippen LogP contribution is 2.30. The van der Waals surface area contributed by atoms with E-state index in [1.807, 2.05) is 0 Å². The average molecular weight is 469 g/mol. The van der Waals surface area contributed by atoms with Gasteiger partial charge in [-0.1, -0.05) is 11.6 Å². The van der Waals surface area contributed by atoms with Gasteiger partial charge in [0.2, 0.25) is 10.0 Å². The van der Waals surface area contributed by atoms with E-state index in [9.17, 15) is 13.2 Å². The van der Waals surface area contributed by atoms with Crippen LogP contribution in [0.3, 0.4) is 0 Å². The van der Waals surface area contributed by atoms with Crippen LogP contribution in [0.15, 0.2) is 53.4 Å². The number of carbonyl (C=O) groups excluding carboxylic acids is 1. The van der Waals surface area contributed by atoms with Crippen molar-refractivity contribution in [2.45, 2.75) is 29.2 Å². The first-order valence-corrected chi connectivity index (χ1v) is 11.3. The van der Waals surface area contributed by atoms with Gasteiger partial charge in [0, 0.05) is 10.7 Å². The molecule has 2 aliphatic rings. The largest absolute Gasteiger partial charge is 0.497 e. The van der Waals surface area contributed by atoms with Gasteiger partial charge in [0.05, 0.1) is 31.3 Å². The average Bonchev–Trinajstić information content (AvgIpc) is 3.32. The Morgan fingerprint density at radius 2 is 1.71 bits per heavy atom. The van der Waals surface area contributed by atoms with Crippen molar-refractivity contribution in [2.75, 3.05) is 25.6 Å². The standard InChI is InChI=1S/C20H21ClN2O7S/c1-27-14-6-4-13(5-7-14)22-20(24)30-17-11-29-18-16(10-28-19(17)18)23-31(25,26)15-8-2-12(21)3-9-15/h2-9,16-19,23H,10-11H2,1H3,(H,22,24). The van der Waals surface area contributed by atoms with Gasteiger partial charge in [-0.05, 0) is 48.5 Å². The molecule has 9 nitrogen and oxygen atoms in total. The van der Waals surface area contributed by atoms with Crippen LogP contribution in [-0.4, -0.2) is 59.2 Å². The second-order valence-electron chi connectivity index (χ2n) is 7.07. The van der Waals surface area contributed by atoms with E-state index < -0.39 is 40.5 Å². The summed E-state index contributed by atoms with van der Waals surface area (Å²) in [6, 6.07) is 12.0. The predicted molar refractivity (Wildman–Crippen MR) is 112 cm³/mol. The molecule has 0 aromatic heterocycles. The van der Waals surface area contributed by atoms with Gasteiger partial charge in [-0.15, -0.1) is 0 Å². The van der Waals surface area contributed by atoms with Gasteiger partial charge in [-0.3, -0.25) is 5.32 Å². The SMILES string of the molecule is COc1ccc(NC(=O)OC2COC3C(NS(=O)(=O)c4ccc(Cl)cc4)COC23)cc1. The molecule has 166 valence electrons. The summed E-state index contributed by atoms with van der Waals surface area (Å²) in [5, 5.41) is 3.07. The Bertz CT molecular complexity index is 1030. The van der Waals surface area contributed by atoms with Crippen LogP contribution < -0.4 is 14.8 Å². The lowest BCUT2D eigenvalue weighted by Gasteiger charge is -2.18. The third-order valence-corrected chi connectivity index (χ3v) is 6.79. The van der Waals surface area contributed by atoms with Crippen molar-refractivity contribution in [3.8, 4) is 5.75 Å². The number of carbonyl (C=O) groups is 1. The third kappa shape index (κ3) is 4.94. The van der Waals surface area contributed by atoms with E-state index in [0.29, 0.717) is 16.5 Å². The predicted octanol–water partition coefficient (Wildman–Crippen LogP) is 2.41. The van der Waals surface area contributed by atoms with Crippen LogP contribution in [0.4, 0.5) is 10.5 Å². The summed E-state index contributed by atoms with van der Waals surface area (Å²) >= 11 is 5.82. The summed E-state index contributed by atoms with van der Waals surface area (Å²) in [6.45, 7) is 0.201. The molecule has 31 heavy (non-hydrogen) atoms. The molecule has 4 atom stereocenters. The number of nitrogens with one attached hydrogen (secondary N) is 2. The molecule has 4 rings (SSSR count). The van der Waals surface area contributed by atoms with Crippen molar-refractivity contribution in [2.24, 2.45) is 0 Å². The smallest absolute Gasteiger partial charge is 0.412 e. The van der Waals surface area contributed by atoms with Crippen molar-refractivity contribution in [1.82, 2.24) is 4.72 Å². The lowest BCUT2D eigenvalue weighted by Crippen LogP contribution is -2.44. The van der Waals surface area contributed by atoms with Crippen molar-refractivity contribution in [1.29, 1.82) is 0 Å². The first kappa shape index (κ1) is 21.8. The minimum atomic E-state index is -3.79. The van der Waals surface area contributed by atoms with Gasteiger partial charge in [-0.2, -0.15) is 0 Å². The highest BCUT2D eigenvalue weighted by molar-refractivity contribution is 7.89. The number of hydrogen-bond donors (Lipinski definition) is 2. The number of methoxy groups -OCH3 is 1. The van der Waals surface area contributed by atoms with Crippen molar-refractivity contribution >= 4 is 33.4 Å². The Labute approximate surface area is 184 Å². The van der Waals surface area contributed by atoms with E-state index in [2.05, 4.69) is 10.0 Å². The summed E-state index contributed by atoms with van der Waals surface area (Å²) < 4.78 is 49.7. The second-order valence-corrected chi connectivity index (χ2v) is 9.23. The van der Waals surface area contributed by atoms with Crippen LogP contribution in [0.1, 0.15) is 0 Å². The summed E-state index contributed by atoms with van der Waals surface area (Å²) in [4.78, 5) is 12.3. The number of sulfonamides is 1. The fourth-order valence-electron chi connectivity index (χ4n) is 3.51. The van der Waals surface area contributed by atoms with Gasteiger partial charge in [-0.25, -0.2) is 17.9 Å². The quantitative estimate of drug-likeness (QED) is 0.669. The molecule has 0 saturated carbocycles. The minimum absolute atomic E-state index is 0.0880. The monoisotopic (exact) mass is 468 g/mol. The number of benzene rings is 2. The molecular weight excluding hydrogens is 448 g/mol. The van der Waals surface area contributed by atoms with Crippen molar-refractivity contribution in [3.05, 3.63) is 53.6 Å². The van der Waals surface area contributed by atoms with E-state index >= 15 is 0 Å². The van der Waals surface area contributed by atoms with Crippen molar-refractivity contribution < 1.29 is 32.2 Å². The Kier molecular flexibility index (Phi) is 6.35. The molecule has 2 aliphatic heterocycles. The summed E-state index contributed by atoms with van der Waals surface area (Å²) in [5.74, 6) is 0.664. The van der Waals surface area contributed by atoms with Crippen LogP contribution >= 0.6 is 11.6 Å². The Hall–Kier alpha value is -2.37. The van der Waals surface area contributed by atoms with Gasteiger partial charge >= 0.3 is 6.09 Å². The fourth-order valence-corrected chi connectivity index (χ4v) is 4.86. The Balaban J connectivity index is 1.34. The van der Waals surface area contributed by atoms with Gasteiger partial charge in [0.1, 0.15) is 18.0 Å². The van der Waals surface area contributed by atoms with Crippen LogP contribution in [-0.2, 0) is 24.2 Å².